The Labute approximate surface area is 165 Å². The Morgan fingerprint density at radius 2 is 1.61 bits per heavy atom. The predicted molar refractivity (Wildman–Crippen MR) is 109 cm³/mol. The van der Waals surface area contributed by atoms with Crippen LogP contribution in [0.15, 0.2) is 42.5 Å². The number of anilines is 1. The lowest BCUT2D eigenvalue weighted by Gasteiger charge is -2.35. The van der Waals surface area contributed by atoms with Crippen molar-refractivity contribution in [1.82, 2.24) is 4.90 Å². The second-order valence-corrected chi connectivity index (χ2v) is 6.86. The summed E-state index contributed by atoms with van der Waals surface area (Å²) in [5.74, 6) is 1.30. The number of Topliss-reactive ketones (excluding diaryl/α,β-unsaturated/α-hetero) is 2. The molecular formula is C22H26N2O4. The molecule has 148 valence electrons. The maximum Gasteiger partial charge on any atom is 0.180 e. The van der Waals surface area contributed by atoms with Gasteiger partial charge >= 0.3 is 0 Å². The minimum atomic E-state index is 0.0232. The number of hydrogen-bond donors (Lipinski definition) is 0. The molecule has 0 spiro atoms. The zero-order valence-electron chi connectivity index (χ0n) is 16.6. The number of ether oxygens (including phenoxy) is 2. The van der Waals surface area contributed by atoms with Crippen molar-refractivity contribution in [3.05, 3.63) is 53.6 Å². The van der Waals surface area contributed by atoms with Gasteiger partial charge in [0.1, 0.15) is 11.5 Å². The minimum Gasteiger partial charge on any atom is -0.497 e. The van der Waals surface area contributed by atoms with Gasteiger partial charge in [-0.25, -0.2) is 0 Å². The van der Waals surface area contributed by atoms with E-state index in [-0.39, 0.29) is 11.6 Å². The van der Waals surface area contributed by atoms with E-state index < -0.39 is 0 Å². The first-order chi connectivity index (χ1) is 13.5. The molecule has 6 heteroatoms. The maximum atomic E-state index is 12.8. The summed E-state index contributed by atoms with van der Waals surface area (Å²) in [5.41, 5.74) is 2.37. The largest absolute Gasteiger partial charge is 0.497 e. The molecule has 1 aliphatic rings. The van der Waals surface area contributed by atoms with Gasteiger partial charge in [-0.05, 0) is 49.4 Å². The fraction of sp³-hybridized carbons (Fsp3) is 0.364. The van der Waals surface area contributed by atoms with Crippen LogP contribution in [0.1, 0.15) is 27.6 Å². The fourth-order valence-corrected chi connectivity index (χ4v) is 3.39. The number of carbonyl (C=O) groups excluding carboxylic acids is 2. The Hall–Kier alpha value is -2.86. The van der Waals surface area contributed by atoms with Crippen LogP contribution in [-0.4, -0.2) is 63.4 Å². The monoisotopic (exact) mass is 382 g/mol. The third kappa shape index (κ3) is 4.51. The van der Waals surface area contributed by atoms with Gasteiger partial charge in [-0.2, -0.15) is 0 Å². The smallest absolute Gasteiger partial charge is 0.180 e. The summed E-state index contributed by atoms with van der Waals surface area (Å²) in [6.07, 6.45) is 0. The highest BCUT2D eigenvalue weighted by Crippen LogP contribution is 2.25. The normalized spacial score (nSPS) is 14.6. The molecule has 3 rings (SSSR count). The molecule has 0 aliphatic carbocycles. The zero-order valence-corrected chi connectivity index (χ0v) is 16.6. The topological polar surface area (TPSA) is 59.1 Å². The van der Waals surface area contributed by atoms with E-state index in [1.165, 1.54) is 0 Å². The van der Waals surface area contributed by atoms with E-state index in [1.807, 2.05) is 24.3 Å². The van der Waals surface area contributed by atoms with E-state index in [2.05, 4.69) is 9.80 Å². The SMILES string of the molecule is COc1ccc(OC)c(C(=O)CN2CCN(c3ccc(C(C)=O)cc3)CC2)c1. The Morgan fingerprint density at radius 3 is 2.18 bits per heavy atom. The summed E-state index contributed by atoms with van der Waals surface area (Å²) in [5, 5.41) is 0. The lowest BCUT2D eigenvalue weighted by molar-refractivity contribution is 0.0922. The third-order valence-corrected chi connectivity index (χ3v) is 5.09. The van der Waals surface area contributed by atoms with Crippen molar-refractivity contribution in [2.45, 2.75) is 6.92 Å². The Morgan fingerprint density at radius 1 is 0.929 bits per heavy atom. The Bertz CT molecular complexity index is 840. The number of piperazine rings is 1. The summed E-state index contributed by atoms with van der Waals surface area (Å²) in [6.45, 7) is 5.19. The van der Waals surface area contributed by atoms with E-state index >= 15 is 0 Å². The summed E-state index contributed by atoms with van der Waals surface area (Å²) >= 11 is 0. The molecule has 2 aromatic carbocycles. The highest BCUT2D eigenvalue weighted by Gasteiger charge is 2.22. The molecule has 6 nitrogen and oxygen atoms in total. The number of nitrogens with zero attached hydrogens (tertiary/aromatic N) is 2. The van der Waals surface area contributed by atoms with Crippen molar-refractivity contribution in [3.8, 4) is 11.5 Å². The second kappa shape index (κ2) is 8.89. The lowest BCUT2D eigenvalue weighted by atomic mass is 10.1. The average molecular weight is 382 g/mol. The first-order valence-corrected chi connectivity index (χ1v) is 9.35. The molecule has 1 heterocycles. The second-order valence-electron chi connectivity index (χ2n) is 6.86. The van der Waals surface area contributed by atoms with Crippen LogP contribution in [0.3, 0.4) is 0 Å². The molecule has 0 radical (unpaired) electrons. The molecule has 1 fully saturated rings. The minimum absolute atomic E-state index is 0.0232. The van der Waals surface area contributed by atoms with Crippen LogP contribution < -0.4 is 14.4 Å². The Kier molecular flexibility index (Phi) is 6.31. The van der Waals surface area contributed by atoms with Gasteiger partial charge in [0.25, 0.3) is 0 Å². The van der Waals surface area contributed by atoms with Crippen molar-refractivity contribution in [2.75, 3.05) is 51.8 Å². The van der Waals surface area contributed by atoms with E-state index in [0.29, 0.717) is 23.6 Å². The van der Waals surface area contributed by atoms with Crippen molar-refractivity contribution in [2.24, 2.45) is 0 Å². The molecule has 0 N–H and O–H groups in total. The van der Waals surface area contributed by atoms with E-state index in [0.717, 1.165) is 37.4 Å². The van der Waals surface area contributed by atoms with Gasteiger partial charge in [0, 0.05) is 37.4 Å². The molecule has 2 aromatic rings. The molecule has 28 heavy (non-hydrogen) atoms. The first kappa shape index (κ1) is 19.9. The van der Waals surface area contributed by atoms with E-state index in [4.69, 9.17) is 9.47 Å². The summed E-state index contributed by atoms with van der Waals surface area (Å²) in [7, 11) is 3.15. The molecule has 0 unspecified atom stereocenters. The maximum absolute atomic E-state index is 12.8. The molecular weight excluding hydrogens is 356 g/mol. The standard InChI is InChI=1S/C22H26N2O4/c1-16(25)17-4-6-18(7-5-17)24-12-10-23(11-13-24)15-21(26)20-14-19(27-2)8-9-22(20)28-3/h4-9,14H,10-13,15H2,1-3H3. The van der Waals surface area contributed by atoms with Gasteiger partial charge in [-0.15, -0.1) is 0 Å². The number of methoxy groups -OCH3 is 2. The summed E-state index contributed by atoms with van der Waals surface area (Å²) < 4.78 is 10.6. The Balaban J connectivity index is 1.59. The molecule has 0 aromatic heterocycles. The van der Waals surface area contributed by atoms with Crippen molar-refractivity contribution in [1.29, 1.82) is 0 Å². The molecule has 0 amide bonds. The van der Waals surface area contributed by atoms with Gasteiger partial charge in [0.2, 0.25) is 0 Å². The van der Waals surface area contributed by atoms with Crippen LogP contribution in [0.4, 0.5) is 5.69 Å². The summed E-state index contributed by atoms with van der Waals surface area (Å²) in [4.78, 5) is 28.6. The number of carbonyl (C=O) groups is 2. The van der Waals surface area contributed by atoms with Crippen LogP contribution in [0, 0.1) is 0 Å². The van der Waals surface area contributed by atoms with Gasteiger partial charge < -0.3 is 14.4 Å². The number of ketones is 2. The summed E-state index contributed by atoms with van der Waals surface area (Å²) in [6, 6.07) is 13.0. The molecule has 0 bridgehead atoms. The highest BCUT2D eigenvalue weighted by molar-refractivity contribution is 6.00. The fourth-order valence-electron chi connectivity index (χ4n) is 3.39. The highest BCUT2D eigenvalue weighted by atomic mass is 16.5. The quantitative estimate of drug-likeness (QED) is 0.687. The van der Waals surface area contributed by atoms with E-state index in [9.17, 15) is 9.59 Å². The molecule has 0 saturated carbocycles. The lowest BCUT2D eigenvalue weighted by Crippen LogP contribution is -2.48. The van der Waals surface area contributed by atoms with Gasteiger partial charge in [0.05, 0.1) is 26.3 Å². The zero-order chi connectivity index (χ0) is 20.1. The average Bonchev–Trinajstić information content (AvgIpc) is 2.73. The van der Waals surface area contributed by atoms with Gasteiger partial charge in [0.15, 0.2) is 11.6 Å². The molecule has 1 aliphatic heterocycles. The van der Waals surface area contributed by atoms with Crippen molar-refractivity contribution < 1.29 is 19.1 Å². The molecule has 0 atom stereocenters. The van der Waals surface area contributed by atoms with Gasteiger partial charge in [-0.1, -0.05) is 0 Å². The predicted octanol–water partition coefficient (Wildman–Crippen LogP) is 2.91. The van der Waals surface area contributed by atoms with Crippen LogP contribution in [0.2, 0.25) is 0 Å². The van der Waals surface area contributed by atoms with Crippen LogP contribution in [0.5, 0.6) is 11.5 Å². The van der Waals surface area contributed by atoms with E-state index in [1.54, 1.807) is 39.3 Å². The third-order valence-electron chi connectivity index (χ3n) is 5.09. The van der Waals surface area contributed by atoms with Crippen LogP contribution >= 0.6 is 0 Å². The number of benzene rings is 2. The van der Waals surface area contributed by atoms with Crippen molar-refractivity contribution in [3.63, 3.8) is 0 Å². The number of rotatable bonds is 7. The van der Waals surface area contributed by atoms with Crippen LogP contribution in [0.25, 0.3) is 0 Å². The van der Waals surface area contributed by atoms with Crippen molar-refractivity contribution >= 4 is 17.3 Å². The van der Waals surface area contributed by atoms with Gasteiger partial charge in [-0.3, -0.25) is 14.5 Å². The van der Waals surface area contributed by atoms with Crippen LogP contribution in [-0.2, 0) is 0 Å². The molecule has 1 saturated heterocycles. The first-order valence-electron chi connectivity index (χ1n) is 9.35. The number of hydrogen-bond acceptors (Lipinski definition) is 6.